The first-order chi connectivity index (χ1) is 10.8. The lowest BCUT2D eigenvalue weighted by Gasteiger charge is -2.15. The van der Waals surface area contributed by atoms with E-state index in [0.717, 1.165) is 24.0 Å². The summed E-state index contributed by atoms with van der Waals surface area (Å²) >= 11 is 0. The van der Waals surface area contributed by atoms with E-state index < -0.39 is 0 Å². The topological polar surface area (TPSA) is 40.5 Å². The molecule has 1 rings (SSSR count). The Bertz CT molecular complexity index is 373. The number of benzene rings is 1. The lowest BCUT2D eigenvalue weighted by atomic mass is 9.92. The number of aliphatic hydroxyl groups is 2. The van der Waals surface area contributed by atoms with E-state index in [0.29, 0.717) is 0 Å². The Balaban J connectivity index is 2.73. The van der Waals surface area contributed by atoms with Crippen LogP contribution in [0, 0.1) is 0 Å². The van der Waals surface area contributed by atoms with E-state index in [1.165, 1.54) is 62.5 Å². The third-order valence-corrected chi connectivity index (χ3v) is 4.46. The molecule has 0 saturated heterocycles. The van der Waals surface area contributed by atoms with Gasteiger partial charge in [0.05, 0.1) is 13.2 Å². The monoisotopic (exact) mass is 306 g/mol. The summed E-state index contributed by atoms with van der Waals surface area (Å²) in [5.41, 5.74) is 4.55. The van der Waals surface area contributed by atoms with Crippen LogP contribution in [0.25, 0.3) is 0 Å². The van der Waals surface area contributed by atoms with Gasteiger partial charge in [0, 0.05) is 0 Å². The lowest BCUT2D eigenvalue weighted by molar-refractivity contribution is 0.275. The predicted octanol–water partition coefficient (Wildman–Crippen LogP) is 4.92. The van der Waals surface area contributed by atoms with Crippen molar-refractivity contribution in [3.8, 4) is 0 Å². The van der Waals surface area contributed by atoms with Crippen LogP contribution in [-0.2, 0) is 26.1 Å². The van der Waals surface area contributed by atoms with E-state index in [1.54, 1.807) is 0 Å². The highest BCUT2D eigenvalue weighted by atomic mass is 16.3. The van der Waals surface area contributed by atoms with E-state index in [-0.39, 0.29) is 13.2 Å². The van der Waals surface area contributed by atoms with Gasteiger partial charge in [-0.05, 0) is 47.9 Å². The zero-order valence-corrected chi connectivity index (χ0v) is 14.5. The van der Waals surface area contributed by atoms with Crippen molar-refractivity contribution in [2.45, 2.75) is 91.3 Å². The number of hydrogen-bond acceptors (Lipinski definition) is 2. The van der Waals surface area contributed by atoms with Gasteiger partial charge in [-0.25, -0.2) is 0 Å². The summed E-state index contributed by atoms with van der Waals surface area (Å²) in [6, 6.07) is 4.26. The summed E-state index contributed by atoms with van der Waals surface area (Å²) in [6.45, 7) is 4.65. The maximum absolute atomic E-state index is 9.66. The van der Waals surface area contributed by atoms with Gasteiger partial charge in [0.1, 0.15) is 0 Å². The molecular weight excluding hydrogens is 272 g/mol. The van der Waals surface area contributed by atoms with Crippen molar-refractivity contribution < 1.29 is 10.2 Å². The molecule has 2 heteroatoms. The maximum Gasteiger partial charge on any atom is 0.0684 e. The van der Waals surface area contributed by atoms with Crippen LogP contribution in [-0.4, -0.2) is 10.2 Å². The van der Waals surface area contributed by atoms with E-state index in [9.17, 15) is 10.2 Å². The van der Waals surface area contributed by atoms with E-state index in [2.05, 4.69) is 26.0 Å². The van der Waals surface area contributed by atoms with Crippen molar-refractivity contribution in [1.82, 2.24) is 0 Å². The van der Waals surface area contributed by atoms with Crippen molar-refractivity contribution in [1.29, 1.82) is 0 Å². The lowest BCUT2D eigenvalue weighted by Crippen LogP contribution is -2.03. The molecule has 0 saturated carbocycles. The number of hydrogen-bond donors (Lipinski definition) is 2. The Hall–Kier alpha value is -0.860. The first kappa shape index (κ1) is 19.2. The highest BCUT2D eigenvalue weighted by Gasteiger charge is 2.09. The van der Waals surface area contributed by atoms with Crippen molar-refractivity contribution in [3.05, 3.63) is 34.4 Å². The van der Waals surface area contributed by atoms with Gasteiger partial charge >= 0.3 is 0 Å². The molecule has 0 atom stereocenters. The molecule has 0 aliphatic heterocycles. The van der Waals surface area contributed by atoms with Crippen LogP contribution < -0.4 is 0 Å². The summed E-state index contributed by atoms with van der Waals surface area (Å²) in [7, 11) is 0. The molecule has 0 fully saturated rings. The first-order valence-electron chi connectivity index (χ1n) is 9.12. The smallest absolute Gasteiger partial charge is 0.0684 e. The van der Waals surface area contributed by atoms with Gasteiger partial charge in [-0.2, -0.15) is 0 Å². The van der Waals surface area contributed by atoms with Crippen LogP contribution in [0.1, 0.15) is 87.5 Å². The third kappa shape index (κ3) is 6.50. The van der Waals surface area contributed by atoms with Crippen LogP contribution in [0.5, 0.6) is 0 Å². The minimum Gasteiger partial charge on any atom is -0.392 e. The first-order valence-corrected chi connectivity index (χ1v) is 9.12. The molecule has 22 heavy (non-hydrogen) atoms. The Morgan fingerprint density at radius 3 is 1.32 bits per heavy atom. The Morgan fingerprint density at radius 1 is 0.591 bits per heavy atom. The highest BCUT2D eigenvalue weighted by Crippen LogP contribution is 2.22. The molecule has 0 amide bonds. The number of aliphatic hydroxyl groups excluding tert-OH is 2. The highest BCUT2D eigenvalue weighted by molar-refractivity contribution is 5.38. The van der Waals surface area contributed by atoms with Gasteiger partial charge in [0.2, 0.25) is 0 Å². The van der Waals surface area contributed by atoms with Crippen molar-refractivity contribution in [3.63, 3.8) is 0 Å². The van der Waals surface area contributed by atoms with Gasteiger partial charge in [-0.3, -0.25) is 0 Å². The van der Waals surface area contributed by atoms with Crippen LogP contribution in [0.15, 0.2) is 12.1 Å². The van der Waals surface area contributed by atoms with Gasteiger partial charge in [0.15, 0.2) is 0 Å². The second-order valence-electron chi connectivity index (χ2n) is 6.33. The molecule has 2 N–H and O–H groups in total. The van der Waals surface area contributed by atoms with Crippen molar-refractivity contribution >= 4 is 0 Å². The molecule has 0 aliphatic carbocycles. The summed E-state index contributed by atoms with van der Waals surface area (Å²) in [4.78, 5) is 0. The Labute approximate surface area is 136 Å². The second kappa shape index (κ2) is 11.7. The molecule has 0 aliphatic rings. The minimum absolute atomic E-state index is 0.108. The zero-order chi connectivity index (χ0) is 16.2. The summed E-state index contributed by atoms with van der Waals surface area (Å²) in [5, 5.41) is 19.3. The van der Waals surface area contributed by atoms with Crippen LogP contribution in [0.4, 0.5) is 0 Å². The molecular formula is C20H34O2. The largest absolute Gasteiger partial charge is 0.392 e. The van der Waals surface area contributed by atoms with Gasteiger partial charge in [-0.15, -0.1) is 0 Å². The molecule has 126 valence electrons. The fraction of sp³-hybridized carbons (Fsp3) is 0.700. The van der Waals surface area contributed by atoms with Gasteiger partial charge in [0.25, 0.3) is 0 Å². The Morgan fingerprint density at radius 2 is 1.00 bits per heavy atom. The average molecular weight is 306 g/mol. The molecule has 2 nitrogen and oxygen atoms in total. The summed E-state index contributed by atoms with van der Waals surface area (Å²) < 4.78 is 0. The fourth-order valence-corrected chi connectivity index (χ4v) is 3.04. The Kier molecular flexibility index (Phi) is 10.2. The molecule has 1 aromatic rings. The normalized spacial score (nSPS) is 11.1. The van der Waals surface area contributed by atoms with Crippen LogP contribution >= 0.6 is 0 Å². The van der Waals surface area contributed by atoms with Gasteiger partial charge < -0.3 is 10.2 Å². The molecule has 0 aromatic heterocycles. The predicted molar refractivity (Wildman–Crippen MR) is 94.0 cm³/mol. The number of unbranched alkanes of at least 4 members (excludes halogenated alkanes) is 6. The minimum atomic E-state index is 0.108. The molecule has 0 unspecified atom stereocenters. The van der Waals surface area contributed by atoms with Gasteiger partial charge in [-0.1, -0.05) is 64.5 Å². The van der Waals surface area contributed by atoms with Crippen LogP contribution in [0.3, 0.4) is 0 Å². The molecule has 0 radical (unpaired) electrons. The molecule has 1 aromatic carbocycles. The van der Waals surface area contributed by atoms with Crippen LogP contribution in [0.2, 0.25) is 0 Å². The third-order valence-electron chi connectivity index (χ3n) is 4.46. The molecule has 0 bridgehead atoms. The zero-order valence-electron chi connectivity index (χ0n) is 14.5. The fourth-order valence-electron chi connectivity index (χ4n) is 3.04. The molecule has 0 heterocycles. The van der Waals surface area contributed by atoms with E-state index in [4.69, 9.17) is 0 Å². The van der Waals surface area contributed by atoms with Crippen molar-refractivity contribution in [2.24, 2.45) is 0 Å². The SMILES string of the molecule is CCCCCCc1cc(CO)c(CCCCCC)cc1CO. The molecule has 0 spiro atoms. The average Bonchev–Trinajstić information content (AvgIpc) is 2.55. The number of aryl methyl sites for hydroxylation is 2. The summed E-state index contributed by atoms with van der Waals surface area (Å²) in [5.74, 6) is 0. The number of rotatable bonds is 12. The standard InChI is InChI=1S/C20H34O2/c1-3-5-7-9-11-17-13-20(16-22)18(14-19(17)15-21)12-10-8-6-4-2/h13-14,21-22H,3-12,15-16H2,1-2H3. The second-order valence-corrected chi connectivity index (χ2v) is 6.33. The van der Waals surface area contributed by atoms with E-state index in [1.807, 2.05) is 0 Å². The quantitative estimate of drug-likeness (QED) is 0.538. The summed E-state index contributed by atoms with van der Waals surface area (Å²) in [6.07, 6.45) is 11.9. The van der Waals surface area contributed by atoms with Crippen molar-refractivity contribution in [2.75, 3.05) is 0 Å². The maximum atomic E-state index is 9.66. The van der Waals surface area contributed by atoms with E-state index >= 15 is 0 Å².